The highest BCUT2D eigenvalue weighted by Crippen LogP contribution is 2.26. The first-order chi connectivity index (χ1) is 7.70. The topological polar surface area (TPSA) is 65.1 Å². The predicted molar refractivity (Wildman–Crippen MR) is 63.7 cm³/mol. The van der Waals surface area contributed by atoms with Crippen LogP contribution in [0.25, 0.3) is 11.1 Å². The van der Waals surface area contributed by atoms with Gasteiger partial charge >= 0.3 is 0 Å². The molecule has 0 spiro atoms. The summed E-state index contributed by atoms with van der Waals surface area (Å²) in [7, 11) is 3.44. The van der Waals surface area contributed by atoms with Crippen LogP contribution in [-0.2, 0) is 11.9 Å². The lowest BCUT2D eigenvalue weighted by Crippen LogP contribution is -2.00. The summed E-state index contributed by atoms with van der Waals surface area (Å²) < 4.78 is 1.76. The molecular formula is C11H14N4O. The van der Waals surface area contributed by atoms with E-state index in [9.17, 15) is 0 Å². The fourth-order valence-electron chi connectivity index (χ4n) is 1.50. The monoisotopic (exact) mass is 218 g/mol. The number of nitrogen functional groups attached to an aromatic ring is 1. The van der Waals surface area contributed by atoms with Gasteiger partial charge in [-0.1, -0.05) is 6.07 Å². The van der Waals surface area contributed by atoms with Crippen LogP contribution in [0.15, 0.2) is 30.6 Å². The third kappa shape index (κ3) is 1.99. The van der Waals surface area contributed by atoms with Crippen LogP contribution in [0.5, 0.6) is 0 Å². The second kappa shape index (κ2) is 4.24. The van der Waals surface area contributed by atoms with Crippen LogP contribution >= 0.6 is 0 Å². The zero-order valence-corrected chi connectivity index (χ0v) is 9.27. The summed E-state index contributed by atoms with van der Waals surface area (Å²) in [5, 5.41) is 4.12. The zero-order chi connectivity index (χ0) is 11.5. The summed E-state index contributed by atoms with van der Waals surface area (Å²) in [6.07, 6.45) is 3.75. The Morgan fingerprint density at radius 3 is 2.81 bits per heavy atom. The van der Waals surface area contributed by atoms with E-state index in [1.54, 1.807) is 11.8 Å². The van der Waals surface area contributed by atoms with Gasteiger partial charge in [0.05, 0.1) is 24.7 Å². The first kappa shape index (κ1) is 10.5. The predicted octanol–water partition coefficient (Wildman–Crippen LogP) is 1.64. The molecular weight excluding hydrogens is 204 g/mol. The van der Waals surface area contributed by atoms with Crippen molar-refractivity contribution in [2.45, 2.75) is 0 Å². The molecule has 1 aromatic carbocycles. The number of hydrogen-bond acceptors (Lipinski definition) is 4. The van der Waals surface area contributed by atoms with Gasteiger partial charge in [0.1, 0.15) is 0 Å². The standard InChI is InChI=1S/C11H14N4O/c1-15-7-9(6-13-15)8-3-4-10(12)11(5-8)14-16-2/h3-7,14H,12H2,1-2H3. The van der Waals surface area contributed by atoms with E-state index in [-0.39, 0.29) is 0 Å². The Morgan fingerprint density at radius 2 is 2.19 bits per heavy atom. The van der Waals surface area contributed by atoms with Crippen LogP contribution in [0.1, 0.15) is 0 Å². The van der Waals surface area contributed by atoms with Crippen molar-refractivity contribution < 1.29 is 4.84 Å². The van der Waals surface area contributed by atoms with Gasteiger partial charge in [0.2, 0.25) is 0 Å². The lowest BCUT2D eigenvalue weighted by atomic mass is 10.1. The molecule has 3 N–H and O–H groups in total. The largest absolute Gasteiger partial charge is 0.397 e. The number of aromatic nitrogens is 2. The van der Waals surface area contributed by atoms with E-state index in [4.69, 9.17) is 10.6 Å². The number of hydrogen-bond donors (Lipinski definition) is 2. The SMILES string of the molecule is CONc1cc(-c2cnn(C)c2)ccc1N. The molecule has 84 valence electrons. The van der Waals surface area contributed by atoms with Gasteiger partial charge in [-0.05, 0) is 17.7 Å². The van der Waals surface area contributed by atoms with Crippen molar-refractivity contribution in [1.82, 2.24) is 9.78 Å². The van der Waals surface area contributed by atoms with Crippen LogP contribution in [0, 0.1) is 0 Å². The van der Waals surface area contributed by atoms with Gasteiger partial charge < -0.3 is 5.73 Å². The molecule has 0 fully saturated rings. The van der Waals surface area contributed by atoms with Gasteiger partial charge in [-0.25, -0.2) is 0 Å². The van der Waals surface area contributed by atoms with Crippen LogP contribution in [0.3, 0.4) is 0 Å². The Bertz CT molecular complexity index is 492. The maximum atomic E-state index is 5.80. The highest BCUT2D eigenvalue weighted by molar-refractivity contribution is 5.75. The van der Waals surface area contributed by atoms with E-state index in [0.29, 0.717) is 5.69 Å². The maximum absolute atomic E-state index is 5.80. The van der Waals surface area contributed by atoms with Crippen LogP contribution in [0.4, 0.5) is 11.4 Å². The Hall–Kier alpha value is -2.01. The second-order valence-electron chi connectivity index (χ2n) is 3.51. The normalized spacial score (nSPS) is 10.4. The minimum atomic E-state index is 0.648. The minimum absolute atomic E-state index is 0.648. The molecule has 0 aliphatic rings. The molecule has 0 aliphatic heterocycles. The molecule has 16 heavy (non-hydrogen) atoms. The maximum Gasteiger partial charge on any atom is 0.0839 e. The van der Waals surface area contributed by atoms with Gasteiger partial charge in [-0.2, -0.15) is 5.10 Å². The lowest BCUT2D eigenvalue weighted by Gasteiger charge is -2.08. The van der Waals surface area contributed by atoms with Crippen molar-refractivity contribution in [2.75, 3.05) is 18.3 Å². The number of rotatable bonds is 3. The molecule has 0 amide bonds. The molecule has 0 saturated carbocycles. The molecule has 0 saturated heterocycles. The smallest absolute Gasteiger partial charge is 0.0839 e. The number of nitrogens with one attached hydrogen (secondary N) is 1. The molecule has 0 bridgehead atoms. The zero-order valence-electron chi connectivity index (χ0n) is 9.27. The molecule has 0 radical (unpaired) electrons. The molecule has 2 rings (SSSR count). The van der Waals surface area contributed by atoms with Gasteiger partial charge in [0.25, 0.3) is 0 Å². The quantitative estimate of drug-likeness (QED) is 0.607. The molecule has 0 aliphatic carbocycles. The molecule has 2 aromatic rings. The van der Waals surface area contributed by atoms with Gasteiger partial charge in [0.15, 0.2) is 0 Å². The molecule has 5 nitrogen and oxygen atoms in total. The van der Waals surface area contributed by atoms with Crippen molar-refractivity contribution in [3.63, 3.8) is 0 Å². The van der Waals surface area contributed by atoms with E-state index in [1.807, 2.05) is 37.6 Å². The third-order valence-electron chi connectivity index (χ3n) is 2.30. The number of benzene rings is 1. The molecule has 5 heteroatoms. The van der Waals surface area contributed by atoms with Crippen molar-refractivity contribution >= 4 is 11.4 Å². The highest BCUT2D eigenvalue weighted by atomic mass is 16.6. The Labute approximate surface area is 93.8 Å². The summed E-state index contributed by atoms with van der Waals surface area (Å²) in [6, 6.07) is 5.72. The molecule has 1 aromatic heterocycles. The Kier molecular flexibility index (Phi) is 2.78. The fourth-order valence-corrected chi connectivity index (χ4v) is 1.50. The van der Waals surface area contributed by atoms with Crippen molar-refractivity contribution in [3.8, 4) is 11.1 Å². The molecule has 1 heterocycles. The van der Waals surface area contributed by atoms with E-state index in [0.717, 1.165) is 16.8 Å². The van der Waals surface area contributed by atoms with E-state index >= 15 is 0 Å². The first-order valence-corrected chi connectivity index (χ1v) is 4.88. The lowest BCUT2D eigenvalue weighted by molar-refractivity contribution is 0.271. The third-order valence-corrected chi connectivity index (χ3v) is 2.30. The minimum Gasteiger partial charge on any atom is -0.397 e. The summed E-state index contributed by atoms with van der Waals surface area (Å²) >= 11 is 0. The fraction of sp³-hybridized carbons (Fsp3) is 0.182. The second-order valence-corrected chi connectivity index (χ2v) is 3.51. The number of aryl methyl sites for hydroxylation is 1. The average Bonchev–Trinajstić information content (AvgIpc) is 2.69. The van der Waals surface area contributed by atoms with Gasteiger partial charge in [-0.3, -0.25) is 15.0 Å². The summed E-state index contributed by atoms with van der Waals surface area (Å²) in [6.45, 7) is 0. The van der Waals surface area contributed by atoms with Gasteiger partial charge in [-0.15, -0.1) is 0 Å². The first-order valence-electron chi connectivity index (χ1n) is 4.88. The summed E-state index contributed by atoms with van der Waals surface area (Å²) in [4.78, 5) is 4.85. The van der Waals surface area contributed by atoms with Gasteiger partial charge in [0, 0.05) is 18.8 Å². The van der Waals surface area contributed by atoms with Crippen molar-refractivity contribution in [2.24, 2.45) is 7.05 Å². The van der Waals surface area contributed by atoms with Crippen LogP contribution in [-0.4, -0.2) is 16.9 Å². The van der Waals surface area contributed by atoms with Crippen LogP contribution < -0.4 is 11.2 Å². The highest BCUT2D eigenvalue weighted by Gasteiger charge is 2.04. The molecule has 0 atom stereocenters. The Balaban J connectivity index is 2.39. The van der Waals surface area contributed by atoms with Crippen molar-refractivity contribution in [1.29, 1.82) is 0 Å². The summed E-state index contributed by atoms with van der Waals surface area (Å²) in [5.41, 5.74) is 12.0. The molecule has 0 unspecified atom stereocenters. The average molecular weight is 218 g/mol. The van der Waals surface area contributed by atoms with Crippen molar-refractivity contribution in [3.05, 3.63) is 30.6 Å². The van der Waals surface area contributed by atoms with E-state index in [2.05, 4.69) is 10.6 Å². The van der Waals surface area contributed by atoms with E-state index < -0.39 is 0 Å². The van der Waals surface area contributed by atoms with Crippen LogP contribution in [0.2, 0.25) is 0 Å². The number of anilines is 2. The number of nitrogens with zero attached hydrogens (tertiary/aromatic N) is 2. The number of nitrogens with two attached hydrogens (primary N) is 1. The van der Waals surface area contributed by atoms with E-state index in [1.165, 1.54) is 0 Å². The summed E-state index contributed by atoms with van der Waals surface area (Å²) in [5.74, 6) is 0. The Morgan fingerprint density at radius 1 is 1.38 bits per heavy atom.